The third-order valence-corrected chi connectivity index (χ3v) is 4.33. The van der Waals surface area contributed by atoms with E-state index in [0.29, 0.717) is 0 Å². The van der Waals surface area contributed by atoms with E-state index >= 15 is 0 Å². The molecule has 0 atom stereocenters. The third kappa shape index (κ3) is 8.97. The molecule has 0 bridgehead atoms. The van der Waals surface area contributed by atoms with E-state index in [0.717, 1.165) is 0 Å². The van der Waals surface area contributed by atoms with Crippen molar-refractivity contribution in [2.75, 3.05) is 0 Å². The molecule has 0 radical (unpaired) electrons. The second-order valence-electron chi connectivity index (χ2n) is 6.57. The van der Waals surface area contributed by atoms with Crippen molar-refractivity contribution < 1.29 is 0 Å². The summed E-state index contributed by atoms with van der Waals surface area (Å²) in [6.07, 6.45) is 33.8. The van der Waals surface area contributed by atoms with Crippen LogP contribution in [-0.4, -0.2) is 0 Å². The monoisotopic (exact) mass is 468 g/mol. The molecule has 4 N–H and O–H groups in total. The minimum absolute atomic E-state index is 0.0337. The fourth-order valence-electron chi connectivity index (χ4n) is 2.79. The smallest absolute Gasteiger partial charge is 0.101 e. The van der Waals surface area contributed by atoms with Gasteiger partial charge in [-0.2, -0.15) is 21.0 Å². The summed E-state index contributed by atoms with van der Waals surface area (Å²) in [5, 5.41) is 39.1. The lowest BCUT2D eigenvalue weighted by Crippen LogP contribution is -2.02. The molecule has 6 nitrogen and oxygen atoms in total. The van der Waals surface area contributed by atoms with Crippen LogP contribution in [0.4, 0.5) is 0 Å². The van der Waals surface area contributed by atoms with Crippen molar-refractivity contribution in [3.63, 3.8) is 0 Å². The van der Waals surface area contributed by atoms with Gasteiger partial charge in [0.2, 0.25) is 0 Å². The molecule has 36 heavy (non-hydrogen) atoms. The standard InChI is InChI=1S/C30H24N6/c31-19-15-11-7-3-1-5-9-13-17-25-27(21-33)29(23-35)26(30(24-36)28(25)22-34)18-14-10-6-2-4-8-12-16-20-32/h1-20H,31-32H2/b3-1+,4-2+,9-5+,10-6+,11-7+,12-8+,17-13+,18-14+,19-15+,20-16+. The Morgan fingerprint density at radius 1 is 0.361 bits per heavy atom. The van der Waals surface area contributed by atoms with Crippen LogP contribution in [0.1, 0.15) is 33.4 Å². The van der Waals surface area contributed by atoms with Crippen molar-refractivity contribution in [1.29, 1.82) is 21.0 Å². The van der Waals surface area contributed by atoms with Gasteiger partial charge in [-0.15, -0.1) is 0 Å². The van der Waals surface area contributed by atoms with E-state index in [1.54, 1.807) is 109 Å². The summed E-state index contributed by atoms with van der Waals surface area (Å²) < 4.78 is 0. The van der Waals surface area contributed by atoms with Crippen LogP contribution >= 0.6 is 0 Å². The van der Waals surface area contributed by atoms with E-state index in [2.05, 4.69) is 0 Å². The zero-order valence-electron chi connectivity index (χ0n) is 19.5. The van der Waals surface area contributed by atoms with Gasteiger partial charge in [0, 0.05) is 11.1 Å². The second-order valence-corrected chi connectivity index (χ2v) is 6.57. The molecular weight excluding hydrogens is 444 g/mol. The molecule has 0 aliphatic rings. The number of allylic oxidation sites excluding steroid dienone is 16. The highest BCUT2D eigenvalue weighted by Gasteiger charge is 2.21. The van der Waals surface area contributed by atoms with Gasteiger partial charge in [0.15, 0.2) is 0 Å². The minimum Gasteiger partial charge on any atom is -0.405 e. The van der Waals surface area contributed by atoms with Crippen LogP contribution in [0.3, 0.4) is 0 Å². The fraction of sp³-hybridized carbons (Fsp3) is 0. The summed E-state index contributed by atoms with van der Waals surface area (Å²) in [6.45, 7) is 0. The molecule has 1 aromatic rings. The Balaban J connectivity index is 3.37. The number of hydrogen-bond donors (Lipinski definition) is 2. The molecule has 0 spiro atoms. The molecule has 6 heteroatoms. The van der Waals surface area contributed by atoms with Gasteiger partial charge in [-0.1, -0.05) is 97.2 Å². The first kappa shape index (κ1) is 28.2. The molecular formula is C30H24N6. The van der Waals surface area contributed by atoms with Crippen molar-refractivity contribution in [1.82, 2.24) is 0 Å². The van der Waals surface area contributed by atoms with Gasteiger partial charge < -0.3 is 11.5 Å². The third-order valence-electron chi connectivity index (χ3n) is 4.33. The predicted molar refractivity (Wildman–Crippen MR) is 145 cm³/mol. The molecule has 0 saturated heterocycles. The van der Waals surface area contributed by atoms with Gasteiger partial charge in [-0.25, -0.2) is 0 Å². The highest BCUT2D eigenvalue weighted by Crippen LogP contribution is 2.29. The molecule has 0 aliphatic carbocycles. The quantitative estimate of drug-likeness (QED) is 0.434. The maximum absolute atomic E-state index is 9.77. The SMILES string of the molecule is N#Cc1c(C#N)c(/C=C/C=C/C=C/C=C/C=C/N)c(C#N)c(C#N)c1/C=C/C=C/C=C/C=C/C=C/N. The van der Waals surface area contributed by atoms with Crippen molar-refractivity contribution in [3.8, 4) is 24.3 Å². The average Bonchev–Trinajstić information content (AvgIpc) is 2.90. The lowest BCUT2D eigenvalue weighted by Gasteiger charge is -2.10. The summed E-state index contributed by atoms with van der Waals surface area (Å²) in [6, 6.07) is 8.06. The largest absolute Gasteiger partial charge is 0.405 e. The van der Waals surface area contributed by atoms with E-state index < -0.39 is 0 Å². The molecule has 0 aliphatic heterocycles. The van der Waals surface area contributed by atoms with Crippen LogP contribution in [-0.2, 0) is 0 Å². The minimum atomic E-state index is 0.0337. The average molecular weight is 469 g/mol. The first-order valence-electron chi connectivity index (χ1n) is 10.6. The Labute approximate surface area is 212 Å². The van der Waals surface area contributed by atoms with Gasteiger partial charge >= 0.3 is 0 Å². The normalized spacial score (nSPS) is 12.6. The Kier molecular flexibility index (Phi) is 13.9. The second kappa shape index (κ2) is 17.7. The first-order chi connectivity index (χ1) is 17.7. The van der Waals surface area contributed by atoms with Gasteiger partial charge in [-0.05, 0) is 24.6 Å². The summed E-state index contributed by atoms with van der Waals surface area (Å²) in [7, 11) is 0. The van der Waals surface area contributed by atoms with E-state index in [-0.39, 0.29) is 33.4 Å². The zero-order valence-corrected chi connectivity index (χ0v) is 19.5. The number of benzene rings is 1. The lowest BCUT2D eigenvalue weighted by atomic mass is 9.87. The van der Waals surface area contributed by atoms with E-state index in [4.69, 9.17) is 11.5 Å². The van der Waals surface area contributed by atoms with Crippen molar-refractivity contribution in [3.05, 3.63) is 143 Å². The van der Waals surface area contributed by atoms with Gasteiger partial charge in [0.25, 0.3) is 0 Å². The van der Waals surface area contributed by atoms with Crippen molar-refractivity contribution in [2.45, 2.75) is 0 Å². The van der Waals surface area contributed by atoms with Crippen LogP contribution in [0.5, 0.6) is 0 Å². The lowest BCUT2D eigenvalue weighted by molar-refractivity contribution is 1.35. The molecule has 1 aromatic carbocycles. The Morgan fingerprint density at radius 2 is 0.583 bits per heavy atom. The number of nitrogens with zero attached hydrogens (tertiary/aromatic N) is 4. The summed E-state index contributed by atoms with van der Waals surface area (Å²) >= 11 is 0. The first-order valence-corrected chi connectivity index (χ1v) is 10.6. The topological polar surface area (TPSA) is 147 Å². The van der Waals surface area contributed by atoms with Gasteiger partial charge in [0.1, 0.15) is 24.3 Å². The number of rotatable bonds is 10. The van der Waals surface area contributed by atoms with E-state index in [1.165, 1.54) is 12.4 Å². The van der Waals surface area contributed by atoms with E-state index in [9.17, 15) is 21.0 Å². The van der Waals surface area contributed by atoms with Crippen molar-refractivity contribution in [2.24, 2.45) is 11.5 Å². The Morgan fingerprint density at radius 3 is 0.806 bits per heavy atom. The highest BCUT2D eigenvalue weighted by molar-refractivity contribution is 5.80. The molecule has 0 aromatic heterocycles. The molecule has 174 valence electrons. The maximum Gasteiger partial charge on any atom is 0.101 e. The van der Waals surface area contributed by atoms with Crippen LogP contribution in [0, 0.1) is 45.3 Å². The van der Waals surface area contributed by atoms with E-state index in [1.807, 2.05) is 24.3 Å². The van der Waals surface area contributed by atoms with Gasteiger partial charge in [-0.3, -0.25) is 0 Å². The molecule has 0 fully saturated rings. The molecule has 1 rings (SSSR count). The molecule has 0 saturated carbocycles. The number of nitriles is 4. The number of hydrogen-bond acceptors (Lipinski definition) is 6. The summed E-state index contributed by atoms with van der Waals surface area (Å²) in [5.74, 6) is 0. The van der Waals surface area contributed by atoms with Crippen LogP contribution in [0.15, 0.2) is 110 Å². The Bertz CT molecular complexity index is 1220. The summed E-state index contributed by atoms with van der Waals surface area (Å²) in [5.41, 5.74) is 11.1. The Hall–Kier alpha value is -5.82. The van der Waals surface area contributed by atoms with Crippen molar-refractivity contribution >= 4 is 12.2 Å². The number of nitrogens with two attached hydrogens (primary N) is 2. The predicted octanol–water partition coefficient (Wildman–Crippen LogP) is 5.48. The van der Waals surface area contributed by atoms with Crippen LogP contribution in [0.25, 0.3) is 12.2 Å². The van der Waals surface area contributed by atoms with Crippen LogP contribution < -0.4 is 11.5 Å². The summed E-state index contributed by atoms with van der Waals surface area (Å²) in [4.78, 5) is 0. The molecule has 0 amide bonds. The fourth-order valence-corrected chi connectivity index (χ4v) is 2.79. The zero-order chi connectivity index (χ0) is 26.4. The highest BCUT2D eigenvalue weighted by atomic mass is 14.5. The van der Waals surface area contributed by atoms with Gasteiger partial charge in [0.05, 0.1) is 22.3 Å². The van der Waals surface area contributed by atoms with Crippen LogP contribution in [0.2, 0.25) is 0 Å². The maximum atomic E-state index is 9.77. The molecule has 0 heterocycles. The molecule has 0 unspecified atom stereocenters.